The van der Waals surface area contributed by atoms with Gasteiger partial charge in [0.05, 0.1) is 0 Å². The van der Waals surface area contributed by atoms with Gasteiger partial charge in [0.1, 0.15) is 0 Å². The fourth-order valence-electron chi connectivity index (χ4n) is 1.78. The van der Waals surface area contributed by atoms with Gasteiger partial charge in [0.2, 0.25) is 11.8 Å². The zero-order valence-corrected chi connectivity index (χ0v) is 12.2. The van der Waals surface area contributed by atoms with Crippen LogP contribution in [0.5, 0.6) is 0 Å². The van der Waals surface area contributed by atoms with E-state index in [9.17, 15) is 4.79 Å². The number of carbonyl (C=O) groups is 1. The van der Waals surface area contributed by atoms with Gasteiger partial charge in [-0.05, 0) is 38.0 Å². The molecule has 0 spiro atoms. The van der Waals surface area contributed by atoms with E-state index < -0.39 is 0 Å². The summed E-state index contributed by atoms with van der Waals surface area (Å²) in [7, 11) is 0. The van der Waals surface area contributed by atoms with Crippen LogP contribution >= 0.6 is 11.6 Å². The van der Waals surface area contributed by atoms with Crippen molar-refractivity contribution in [3.8, 4) is 0 Å². The molecule has 1 aromatic carbocycles. The maximum absolute atomic E-state index is 11.9. The van der Waals surface area contributed by atoms with Gasteiger partial charge in [-0.15, -0.1) is 0 Å². The maximum atomic E-state index is 11.9. The van der Waals surface area contributed by atoms with Crippen LogP contribution in [0, 0.1) is 13.8 Å². The third kappa shape index (κ3) is 4.06. The molecule has 0 bridgehead atoms. The molecule has 0 aliphatic carbocycles. The molecule has 1 aromatic heterocycles. The van der Waals surface area contributed by atoms with Gasteiger partial charge in [-0.25, -0.2) is 0 Å². The molecule has 106 valence electrons. The van der Waals surface area contributed by atoms with E-state index in [0.29, 0.717) is 36.0 Å². The molecule has 1 amide bonds. The Morgan fingerprint density at radius 1 is 1.40 bits per heavy atom. The summed E-state index contributed by atoms with van der Waals surface area (Å²) in [6.07, 6.45) is 1.66. The van der Waals surface area contributed by atoms with Gasteiger partial charge in [0.15, 0.2) is 5.82 Å². The molecule has 1 heterocycles. The van der Waals surface area contributed by atoms with Crippen LogP contribution in [-0.4, -0.2) is 16.0 Å². The first-order chi connectivity index (χ1) is 9.54. The summed E-state index contributed by atoms with van der Waals surface area (Å²) >= 11 is 5.91. The lowest BCUT2D eigenvalue weighted by molar-refractivity contribution is -0.116. The number of rotatable bonds is 5. The van der Waals surface area contributed by atoms with Crippen LogP contribution < -0.4 is 5.32 Å². The van der Waals surface area contributed by atoms with E-state index in [-0.39, 0.29) is 5.91 Å². The number of halogens is 1. The molecule has 0 fully saturated rings. The number of nitrogens with one attached hydrogen (secondary N) is 1. The molecule has 0 saturated heterocycles. The van der Waals surface area contributed by atoms with E-state index in [1.165, 1.54) is 0 Å². The smallest absolute Gasteiger partial charge is 0.226 e. The Hall–Kier alpha value is -1.88. The zero-order valence-electron chi connectivity index (χ0n) is 11.4. The fraction of sp³-hybridized carbons (Fsp3) is 0.357. The van der Waals surface area contributed by atoms with E-state index in [1.807, 2.05) is 13.0 Å². The number of nitrogens with zero attached hydrogens (tertiary/aromatic N) is 2. The highest BCUT2D eigenvalue weighted by atomic mass is 35.5. The summed E-state index contributed by atoms with van der Waals surface area (Å²) in [6.45, 7) is 3.69. The molecule has 0 radical (unpaired) electrons. The Bertz CT molecular complexity index is 610. The number of benzene rings is 1. The molecule has 0 unspecified atom stereocenters. The largest absolute Gasteiger partial charge is 0.339 e. The number of hydrogen-bond acceptors (Lipinski definition) is 4. The first-order valence-electron chi connectivity index (χ1n) is 6.40. The predicted molar refractivity (Wildman–Crippen MR) is 76.8 cm³/mol. The van der Waals surface area contributed by atoms with E-state index in [1.54, 1.807) is 19.1 Å². The summed E-state index contributed by atoms with van der Waals surface area (Å²) in [6, 6.07) is 5.42. The third-order valence-corrected chi connectivity index (χ3v) is 3.07. The Morgan fingerprint density at radius 2 is 2.20 bits per heavy atom. The van der Waals surface area contributed by atoms with E-state index in [2.05, 4.69) is 15.5 Å². The van der Waals surface area contributed by atoms with E-state index in [0.717, 1.165) is 11.3 Å². The van der Waals surface area contributed by atoms with Gasteiger partial charge in [-0.2, -0.15) is 4.98 Å². The fourth-order valence-corrected chi connectivity index (χ4v) is 1.96. The van der Waals surface area contributed by atoms with Crippen molar-refractivity contribution in [3.63, 3.8) is 0 Å². The van der Waals surface area contributed by atoms with Crippen molar-refractivity contribution >= 4 is 23.2 Å². The van der Waals surface area contributed by atoms with Crippen LogP contribution in [0.4, 0.5) is 5.69 Å². The highest BCUT2D eigenvalue weighted by molar-refractivity contribution is 6.31. The van der Waals surface area contributed by atoms with Crippen molar-refractivity contribution in [1.29, 1.82) is 0 Å². The lowest BCUT2D eigenvalue weighted by Crippen LogP contribution is -2.12. The summed E-state index contributed by atoms with van der Waals surface area (Å²) in [4.78, 5) is 15.9. The van der Waals surface area contributed by atoms with Crippen LogP contribution in [0.25, 0.3) is 0 Å². The minimum Gasteiger partial charge on any atom is -0.339 e. The van der Waals surface area contributed by atoms with E-state index >= 15 is 0 Å². The summed E-state index contributed by atoms with van der Waals surface area (Å²) in [5.41, 5.74) is 1.73. The zero-order chi connectivity index (χ0) is 14.5. The SMILES string of the molecule is Cc1noc(CCCC(=O)Nc2cc(Cl)ccc2C)n1. The molecular weight excluding hydrogens is 278 g/mol. The lowest BCUT2D eigenvalue weighted by atomic mass is 10.2. The van der Waals surface area contributed by atoms with Gasteiger partial charge in [0.25, 0.3) is 0 Å². The van der Waals surface area contributed by atoms with Crippen LogP contribution in [0.3, 0.4) is 0 Å². The number of carbonyl (C=O) groups excluding carboxylic acids is 1. The quantitative estimate of drug-likeness (QED) is 0.918. The van der Waals surface area contributed by atoms with Crippen LogP contribution in [-0.2, 0) is 11.2 Å². The van der Waals surface area contributed by atoms with Gasteiger partial charge >= 0.3 is 0 Å². The Balaban J connectivity index is 1.82. The summed E-state index contributed by atoms with van der Waals surface area (Å²) < 4.78 is 4.99. The number of anilines is 1. The second-order valence-corrected chi connectivity index (χ2v) is 5.03. The van der Waals surface area contributed by atoms with Gasteiger partial charge in [-0.1, -0.05) is 22.8 Å². The van der Waals surface area contributed by atoms with Gasteiger partial charge in [0, 0.05) is 23.6 Å². The number of amides is 1. The molecule has 5 nitrogen and oxygen atoms in total. The molecule has 6 heteroatoms. The second-order valence-electron chi connectivity index (χ2n) is 4.60. The van der Waals surface area contributed by atoms with Crippen molar-refractivity contribution in [2.75, 3.05) is 5.32 Å². The highest BCUT2D eigenvalue weighted by Crippen LogP contribution is 2.20. The Labute approximate surface area is 122 Å². The molecular formula is C14H16ClN3O2. The van der Waals surface area contributed by atoms with Gasteiger partial charge < -0.3 is 9.84 Å². The molecule has 2 rings (SSSR count). The third-order valence-electron chi connectivity index (χ3n) is 2.84. The van der Waals surface area contributed by atoms with Crippen molar-refractivity contribution in [1.82, 2.24) is 10.1 Å². The van der Waals surface area contributed by atoms with Crippen LogP contribution in [0.1, 0.15) is 30.1 Å². The molecule has 0 aliphatic heterocycles. The predicted octanol–water partition coefficient (Wildman–Crippen LogP) is 3.30. The molecule has 0 atom stereocenters. The topological polar surface area (TPSA) is 68.0 Å². The highest BCUT2D eigenvalue weighted by Gasteiger charge is 2.07. The molecule has 2 aromatic rings. The van der Waals surface area contributed by atoms with Crippen LogP contribution in [0.15, 0.2) is 22.7 Å². The Kier molecular flexibility index (Phi) is 4.74. The van der Waals surface area contributed by atoms with E-state index in [4.69, 9.17) is 16.1 Å². The van der Waals surface area contributed by atoms with Crippen molar-refractivity contribution in [3.05, 3.63) is 40.5 Å². The minimum absolute atomic E-state index is 0.0494. The average molecular weight is 294 g/mol. The van der Waals surface area contributed by atoms with Crippen molar-refractivity contribution in [2.45, 2.75) is 33.1 Å². The van der Waals surface area contributed by atoms with Crippen molar-refractivity contribution in [2.24, 2.45) is 0 Å². The van der Waals surface area contributed by atoms with Gasteiger partial charge in [-0.3, -0.25) is 4.79 Å². The maximum Gasteiger partial charge on any atom is 0.226 e. The molecule has 20 heavy (non-hydrogen) atoms. The minimum atomic E-state index is -0.0494. The second kappa shape index (κ2) is 6.52. The number of aryl methyl sites for hydroxylation is 3. The van der Waals surface area contributed by atoms with Crippen molar-refractivity contribution < 1.29 is 9.32 Å². The lowest BCUT2D eigenvalue weighted by Gasteiger charge is -2.08. The first-order valence-corrected chi connectivity index (χ1v) is 6.77. The van der Waals surface area contributed by atoms with Crippen LogP contribution in [0.2, 0.25) is 5.02 Å². The number of aromatic nitrogens is 2. The number of hydrogen-bond donors (Lipinski definition) is 1. The standard InChI is InChI=1S/C14H16ClN3O2/c1-9-6-7-11(15)8-12(9)17-13(19)4-3-5-14-16-10(2)18-20-14/h6-8H,3-5H2,1-2H3,(H,17,19). The summed E-state index contributed by atoms with van der Waals surface area (Å²) in [5.74, 6) is 1.12. The normalized spacial score (nSPS) is 10.6. The average Bonchev–Trinajstić information content (AvgIpc) is 2.80. The first kappa shape index (κ1) is 14.5. The summed E-state index contributed by atoms with van der Waals surface area (Å²) in [5, 5.41) is 7.16. The molecule has 1 N–H and O–H groups in total. The monoisotopic (exact) mass is 293 g/mol. The molecule has 0 aliphatic rings. The molecule has 0 saturated carbocycles. The Morgan fingerprint density at radius 3 is 2.90 bits per heavy atom.